The topological polar surface area (TPSA) is 61.4 Å². The third kappa shape index (κ3) is 4.34. The number of hydrogen-bond donors (Lipinski definition) is 3. The Bertz CT molecular complexity index is 682. The zero-order chi connectivity index (χ0) is 16.1. The van der Waals surface area contributed by atoms with Crippen LogP contribution in [-0.2, 0) is 0 Å². The van der Waals surface area contributed by atoms with Crippen LogP contribution < -0.4 is 10.6 Å². The number of amides is 2. The van der Waals surface area contributed by atoms with Crippen LogP contribution in [0.5, 0.6) is 0 Å². The number of aliphatic hydroxyl groups excluding tert-OH is 1. The van der Waals surface area contributed by atoms with Gasteiger partial charge in [-0.1, -0.05) is 41.4 Å². The van der Waals surface area contributed by atoms with Crippen LogP contribution in [0.1, 0.15) is 11.7 Å². The number of nitrogens with one attached hydrogen (secondary N) is 2. The highest BCUT2D eigenvalue weighted by Gasteiger charge is 2.14. The second-order valence-electron chi connectivity index (χ2n) is 4.50. The molecular formula is C15H13Cl2FN2O2. The Morgan fingerprint density at radius 1 is 1.23 bits per heavy atom. The van der Waals surface area contributed by atoms with E-state index in [0.717, 1.165) is 0 Å². The molecule has 0 aliphatic heterocycles. The maximum atomic E-state index is 13.5. The molecule has 0 unspecified atom stereocenters. The molecule has 0 aromatic heterocycles. The summed E-state index contributed by atoms with van der Waals surface area (Å²) in [7, 11) is 0. The molecule has 0 spiro atoms. The fourth-order valence-electron chi connectivity index (χ4n) is 1.80. The third-order valence-electron chi connectivity index (χ3n) is 2.90. The van der Waals surface area contributed by atoms with Gasteiger partial charge in [0, 0.05) is 17.1 Å². The van der Waals surface area contributed by atoms with Crippen molar-refractivity contribution < 1.29 is 14.3 Å². The molecule has 0 aliphatic carbocycles. The molecule has 0 fully saturated rings. The molecule has 4 nitrogen and oxygen atoms in total. The summed E-state index contributed by atoms with van der Waals surface area (Å²) in [5.74, 6) is -0.532. The van der Waals surface area contributed by atoms with Gasteiger partial charge in [0.15, 0.2) is 0 Å². The average molecular weight is 343 g/mol. The smallest absolute Gasteiger partial charge is 0.319 e. The van der Waals surface area contributed by atoms with Crippen LogP contribution in [0, 0.1) is 5.82 Å². The number of anilines is 1. The number of halogens is 3. The van der Waals surface area contributed by atoms with Gasteiger partial charge >= 0.3 is 6.03 Å². The van der Waals surface area contributed by atoms with Gasteiger partial charge in [0.1, 0.15) is 5.82 Å². The van der Waals surface area contributed by atoms with Gasteiger partial charge in [-0.15, -0.1) is 0 Å². The molecule has 0 saturated heterocycles. The Morgan fingerprint density at radius 2 is 1.95 bits per heavy atom. The lowest BCUT2D eigenvalue weighted by molar-refractivity contribution is 0.170. The lowest BCUT2D eigenvalue weighted by Crippen LogP contribution is -2.32. The Hall–Kier alpha value is -1.82. The van der Waals surface area contributed by atoms with Gasteiger partial charge in [-0.2, -0.15) is 0 Å². The molecule has 2 rings (SSSR count). The van der Waals surface area contributed by atoms with Crippen molar-refractivity contribution >= 4 is 34.9 Å². The summed E-state index contributed by atoms with van der Waals surface area (Å²) in [6.45, 7) is -0.148. The lowest BCUT2D eigenvalue weighted by atomic mass is 10.1. The van der Waals surface area contributed by atoms with Crippen molar-refractivity contribution in [2.75, 3.05) is 11.9 Å². The molecule has 2 aromatic rings. The van der Waals surface area contributed by atoms with E-state index in [-0.39, 0.29) is 12.1 Å². The summed E-state index contributed by atoms with van der Waals surface area (Å²) in [5.41, 5.74) is 0.454. The first kappa shape index (κ1) is 16.5. The number of carbonyl (C=O) groups excluding carboxylic acids is 1. The van der Waals surface area contributed by atoms with Gasteiger partial charge in [-0.05, 0) is 24.3 Å². The summed E-state index contributed by atoms with van der Waals surface area (Å²) in [6.07, 6.45) is -1.15. The summed E-state index contributed by atoms with van der Waals surface area (Å²) in [5, 5.41) is 15.6. The molecular weight excluding hydrogens is 330 g/mol. The van der Waals surface area contributed by atoms with E-state index < -0.39 is 18.0 Å². The number of urea groups is 1. The number of rotatable bonds is 4. The molecule has 22 heavy (non-hydrogen) atoms. The lowest BCUT2D eigenvalue weighted by Gasteiger charge is -2.14. The molecule has 3 N–H and O–H groups in total. The van der Waals surface area contributed by atoms with Gasteiger partial charge in [0.25, 0.3) is 0 Å². The van der Waals surface area contributed by atoms with Gasteiger partial charge in [0.05, 0.1) is 16.8 Å². The SMILES string of the molecule is O=C(NC[C@H](O)c1ccccc1F)Nc1cc(Cl)ccc1Cl. The van der Waals surface area contributed by atoms with E-state index in [0.29, 0.717) is 15.7 Å². The Labute approximate surface area is 136 Å². The zero-order valence-electron chi connectivity index (χ0n) is 11.3. The standard InChI is InChI=1S/C15H13Cl2FN2O2/c16-9-5-6-11(17)13(7-9)20-15(22)19-8-14(21)10-3-1-2-4-12(10)18/h1-7,14,21H,8H2,(H2,19,20,22)/t14-/m0/s1. The largest absolute Gasteiger partial charge is 0.386 e. The first-order chi connectivity index (χ1) is 10.5. The van der Waals surface area contributed by atoms with Crippen molar-refractivity contribution in [1.29, 1.82) is 0 Å². The highest BCUT2D eigenvalue weighted by molar-refractivity contribution is 6.35. The zero-order valence-corrected chi connectivity index (χ0v) is 12.8. The van der Waals surface area contributed by atoms with Crippen LogP contribution in [0.4, 0.5) is 14.9 Å². The molecule has 0 saturated carbocycles. The van der Waals surface area contributed by atoms with Crippen molar-refractivity contribution in [2.45, 2.75) is 6.10 Å². The minimum atomic E-state index is -1.15. The number of carbonyl (C=O) groups is 1. The van der Waals surface area contributed by atoms with E-state index in [9.17, 15) is 14.3 Å². The van der Waals surface area contributed by atoms with Crippen molar-refractivity contribution in [2.24, 2.45) is 0 Å². The van der Waals surface area contributed by atoms with Crippen LogP contribution in [0.25, 0.3) is 0 Å². The summed E-state index contributed by atoms with van der Waals surface area (Å²) in [6, 6.07) is 9.87. The molecule has 2 aromatic carbocycles. The highest BCUT2D eigenvalue weighted by atomic mass is 35.5. The fourth-order valence-corrected chi connectivity index (χ4v) is 2.14. The normalized spacial score (nSPS) is 11.8. The third-order valence-corrected chi connectivity index (χ3v) is 3.46. The minimum absolute atomic E-state index is 0.114. The van der Waals surface area contributed by atoms with Crippen molar-refractivity contribution in [3.63, 3.8) is 0 Å². The monoisotopic (exact) mass is 342 g/mol. The quantitative estimate of drug-likeness (QED) is 0.786. The summed E-state index contributed by atoms with van der Waals surface area (Å²) < 4.78 is 13.5. The van der Waals surface area contributed by atoms with E-state index >= 15 is 0 Å². The predicted molar refractivity (Wildman–Crippen MR) is 84.8 cm³/mol. The molecule has 0 aliphatic rings. The number of aliphatic hydroxyl groups is 1. The number of hydrogen-bond acceptors (Lipinski definition) is 2. The molecule has 7 heteroatoms. The second kappa shape index (κ2) is 7.45. The minimum Gasteiger partial charge on any atom is -0.386 e. The van der Waals surface area contributed by atoms with E-state index in [2.05, 4.69) is 10.6 Å². The van der Waals surface area contributed by atoms with Crippen LogP contribution in [-0.4, -0.2) is 17.7 Å². The van der Waals surface area contributed by atoms with Crippen molar-refractivity contribution in [1.82, 2.24) is 5.32 Å². The fraction of sp³-hybridized carbons (Fsp3) is 0.133. The van der Waals surface area contributed by atoms with Crippen molar-refractivity contribution in [3.8, 4) is 0 Å². The molecule has 0 radical (unpaired) electrons. The molecule has 1 atom stereocenters. The summed E-state index contributed by atoms with van der Waals surface area (Å²) in [4.78, 5) is 11.8. The molecule has 0 heterocycles. The number of benzene rings is 2. The van der Waals surface area contributed by atoms with Crippen LogP contribution in [0.2, 0.25) is 10.0 Å². The van der Waals surface area contributed by atoms with Gasteiger partial charge in [-0.25, -0.2) is 9.18 Å². The molecule has 2 amide bonds. The highest BCUT2D eigenvalue weighted by Crippen LogP contribution is 2.25. The van der Waals surface area contributed by atoms with Crippen LogP contribution in [0.3, 0.4) is 0 Å². The second-order valence-corrected chi connectivity index (χ2v) is 5.34. The van der Waals surface area contributed by atoms with E-state index in [1.165, 1.54) is 24.3 Å². The van der Waals surface area contributed by atoms with Gasteiger partial charge < -0.3 is 15.7 Å². The van der Waals surface area contributed by atoms with Crippen molar-refractivity contribution in [3.05, 3.63) is 63.9 Å². The first-order valence-corrected chi connectivity index (χ1v) is 7.15. The Balaban J connectivity index is 1.93. The Morgan fingerprint density at radius 3 is 2.68 bits per heavy atom. The van der Waals surface area contributed by atoms with Gasteiger partial charge in [0.2, 0.25) is 0 Å². The molecule has 0 bridgehead atoms. The van der Waals surface area contributed by atoms with E-state index in [4.69, 9.17) is 23.2 Å². The summed E-state index contributed by atoms with van der Waals surface area (Å²) >= 11 is 11.7. The van der Waals surface area contributed by atoms with Gasteiger partial charge in [-0.3, -0.25) is 0 Å². The first-order valence-electron chi connectivity index (χ1n) is 6.40. The maximum Gasteiger partial charge on any atom is 0.319 e. The average Bonchev–Trinajstić information content (AvgIpc) is 2.49. The Kier molecular flexibility index (Phi) is 5.60. The maximum absolute atomic E-state index is 13.5. The van der Waals surface area contributed by atoms with E-state index in [1.54, 1.807) is 18.2 Å². The van der Waals surface area contributed by atoms with Crippen LogP contribution in [0.15, 0.2) is 42.5 Å². The molecule has 116 valence electrons. The van der Waals surface area contributed by atoms with E-state index in [1.807, 2.05) is 0 Å². The van der Waals surface area contributed by atoms with Crippen LogP contribution >= 0.6 is 23.2 Å². The predicted octanol–water partition coefficient (Wildman–Crippen LogP) is 3.99.